The number of amides is 1. The lowest BCUT2D eigenvalue weighted by Gasteiger charge is -2.23. The minimum atomic E-state index is -0.743. The molecule has 0 aliphatic rings. The molecule has 1 heterocycles. The predicted octanol–water partition coefficient (Wildman–Crippen LogP) is 5.59. The number of benzene rings is 1. The Morgan fingerprint density at radius 1 is 1.18 bits per heavy atom. The van der Waals surface area contributed by atoms with Crippen LogP contribution in [0.2, 0.25) is 0 Å². The molecule has 0 saturated heterocycles. The number of unbranched alkanes of at least 4 members (excludes halogenated alkanes) is 1. The number of nitrogen functional groups attached to an aromatic ring is 1. The van der Waals surface area contributed by atoms with Gasteiger partial charge in [0.05, 0.1) is 26.2 Å². The smallest absolute Gasteiger partial charge is 0.240 e. The van der Waals surface area contributed by atoms with Gasteiger partial charge in [-0.3, -0.25) is 4.79 Å². The number of nitrogens with one attached hydrogen (secondary N) is 1. The van der Waals surface area contributed by atoms with E-state index in [-0.39, 0.29) is 23.8 Å². The van der Waals surface area contributed by atoms with Crippen molar-refractivity contribution in [3.05, 3.63) is 59.4 Å². The average Bonchev–Trinajstić information content (AvgIpc) is 3.03. The van der Waals surface area contributed by atoms with Crippen LogP contribution in [-0.2, 0) is 9.53 Å². The third-order valence-corrected chi connectivity index (χ3v) is 7.88. The van der Waals surface area contributed by atoms with Crippen LogP contribution in [0.4, 0.5) is 5.69 Å². The molecule has 2 aromatic rings. The number of nitrogens with two attached hydrogens (primary N) is 2. The molecule has 0 radical (unpaired) electrons. The molecule has 0 aliphatic carbocycles. The van der Waals surface area contributed by atoms with E-state index in [4.69, 9.17) is 20.9 Å². The molecule has 1 amide bonds. The number of likely N-dealkylation sites (N-methyl/N-ethyl adjacent to an activating group) is 1. The van der Waals surface area contributed by atoms with Crippen LogP contribution in [0.3, 0.4) is 0 Å². The summed E-state index contributed by atoms with van der Waals surface area (Å²) in [5.74, 6) is 8.08. The van der Waals surface area contributed by atoms with Gasteiger partial charge in [-0.15, -0.1) is 0 Å². The van der Waals surface area contributed by atoms with Crippen LogP contribution >= 0.6 is 8.81 Å². The van der Waals surface area contributed by atoms with E-state index in [1.54, 1.807) is 12.4 Å². The maximum absolute atomic E-state index is 12.7. The Kier molecular flexibility index (Phi) is 17.3. The summed E-state index contributed by atoms with van der Waals surface area (Å²) >= 11 is 0. The summed E-state index contributed by atoms with van der Waals surface area (Å²) < 4.78 is 11.5. The highest BCUT2D eigenvalue weighted by atomic mass is 31.1. The molecule has 2 rings (SSSR count). The number of nitrogens with zero attached hydrogens (tertiary/aromatic N) is 3. The van der Waals surface area contributed by atoms with E-state index in [1.807, 2.05) is 50.1 Å². The largest absolute Gasteiger partial charge is 0.457 e. The molecule has 11 heteroatoms. The molecule has 45 heavy (non-hydrogen) atoms. The van der Waals surface area contributed by atoms with E-state index in [0.717, 1.165) is 35.5 Å². The second-order valence-corrected chi connectivity index (χ2v) is 12.1. The second kappa shape index (κ2) is 20.6. The first-order chi connectivity index (χ1) is 21.6. The number of hydrogen-bond donors (Lipinski definition) is 4. The highest BCUT2D eigenvalue weighted by molar-refractivity contribution is 7.31. The molecule has 1 aromatic heterocycles. The van der Waals surface area contributed by atoms with E-state index in [9.17, 15) is 9.69 Å². The highest BCUT2D eigenvalue weighted by Crippen LogP contribution is 2.33. The standard InChI is InChI=1S/C34H53N6O4P/c1-7-25(6)43-34(45-42)44-31-16-15-28(20-30(31)36)27(8-2)19-29(35)23-37-17-18-40(9-3)32(41)14-12-10-11-13-26-21-38-33(24(4)5)39-22-26/h15-16,20-25,27,34,37,42,45H,7-10,12,14,17-19,35-36H2,1-6H3/b29-23-. The van der Waals surface area contributed by atoms with E-state index in [0.29, 0.717) is 56.8 Å². The predicted molar refractivity (Wildman–Crippen MR) is 184 cm³/mol. The number of allylic oxidation sites excluding steroid dienone is 1. The third kappa shape index (κ3) is 13.7. The molecule has 4 atom stereocenters. The molecule has 0 aliphatic heterocycles. The van der Waals surface area contributed by atoms with Crippen LogP contribution < -0.4 is 21.5 Å². The van der Waals surface area contributed by atoms with Crippen molar-refractivity contribution in [2.75, 3.05) is 25.4 Å². The fourth-order valence-corrected chi connectivity index (χ4v) is 4.96. The number of aromatic nitrogens is 2. The molecule has 0 spiro atoms. The SMILES string of the molecule is CCC(C)OC(Oc1ccc(C(CC)C/C(N)=C/NCCN(CC)C(=O)CCCC#Cc2cnc(C(C)C)nc2)cc1N)PO. The van der Waals surface area contributed by atoms with Gasteiger partial charge in [0.1, 0.15) is 11.6 Å². The minimum Gasteiger partial charge on any atom is -0.457 e. The van der Waals surface area contributed by atoms with Crippen molar-refractivity contribution in [2.45, 2.75) is 104 Å². The van der Waals surface area contributed by atoms with Crippen LogP contribution in [0.1, 0.15) is 109 Å². The van der Waals surface area contributed by atoms with Crippen LogP contribution in [0, 0.1) is 11.8 Å². The maximum Gasteiger partial charge on any atom is 0.240 e. The molecule has 6 N–H and O–H groups in total. The van der Waals surface area contributed by atoms with E-state index in [1.165, 1.54) is 0 Å². The first-order valence-electron chi connectivity index (χ1n) is 16.0. The summed E-state index contributed by atoms with van der Waals surface area (Å²) in [5.41, 5.74) is 15.7. The molecular weight excluding hydrogens is 587 g/mol. The van der Waals surface area contributed by atoms with Gasteiger partial charge in [-0.05, 0) is 63.1 Å². The average molecular weight is 641 g/mol. The number of carbonyl (C=O) groups excluding carboxylic acids is 1. The van der Waals surface area contributed by atoms with Crippen molar-refractivity contribution in [2.24, 2.45) is 5.73 Å². The lowest BCUT2D eigenvalue weighted by Crippen LogP contribution is -2.35. The molecule has 248 valence electrons. The summed E-state index contributed by atoms with van der Waals surface area (Å²) in [4.78, 5) is 32.9. The van der Waals surface area contributed by atoms with Crippen molar-refractivity contribution in [3.63, 3.8) is 0 Å². The monoisotopic (exact) mass is 640 g/mol. The second-order valence-electron chi connectivity index (χ2n) is 11.3. The van der Waals surface area contributed by atoms with Crippen molar-refractivity contribution >= 4 is 20.4 Å². The van der Waals surface area contributed by atoms with Gasteiger partial charge in [0, 0.05) is 62.7 Å². The Hall–Kier alpha value is -3.38. The van der Waals surface area contributed by atoms with Crippen LogP contribution in [-0.4, -0.2) is 57.4 Å². The Labute approximate surface area is 271 Å². The number of carbonyl (C=O) groups is 1. The fourth-order valence-electron chi connectivity index (χ4n) is 4.49. The van der Waals surface area contributed by atoms with Gasteiger partial charge in [0.25, 0.3) is 0 Å². The molecule has 0 fully saturated rings. The Morgan fingerprint density at radius 2 is 1.91 bits per heavy atom. The van der Waals surface area contributed by atoms with Gasteiger partial charge in [0.15, 0.2) is 0 Å². The minimum absolute atomic E-state index is 0.0283. The Balaban J connectivity index is 1.79. The summed E-state index contributed by atoms with van der Waals surface area (Å²) in [6.07, 6.45) is 9.46. The molecule has 0 bridgehead atoms. The van der Waals surface area contributed by atoms with Gasteiger partial charge < -0.3 is 36.1 Å². The molecule has 1 aromatic carbocycles. The normalized spacial score (nSPS) is 13.7. The summed E-state index contributed by atoms with van der Waals surface area (Å²) in [6.45, 7) is 14.0. The lowest BCUT2D eigenvalue weighted by atomic mass is 9.91. The molecule has 10 nitrogen and oxygen atoms in total. The molecule has 0 saturated carbocycles. The van der Waals surface area contributed by atoms with E-state index in [2.05, 4.69) is 47.9 Å². The summed E-state index contributed by atoms with van der Waals surface area (Å²) in [5, 5.41) is 3.26. The molecule has 4 unspecified atom stereocenters. The number of anilines is 1. The molecular formula is C34H53N6O4P. The zero-order valence-corrected chi connectivity index (χ0v) is 28.8. The van der Waals surface area contributed by atoms with Crippen molar-refractivity contribution in [1.29, 1.82) is 0 Å². The van der Waals surface area contributed by atoms with Crippen molar-refractivity contribution in [1.82, 2.24) is 20.2 Å². The zero-order chi connectivity index (χ0) is 33.2. The van der Waals surface area contributed by atoms with Gasteiger partial charge in [-0.2, -0.15) is 0 Å². The third-order valence-electron chi connectivity index (χ3n) is 7.41. The van der Waals surface area contributed by atoms with Crippen molar-refractivity contribution in [3.8, 4) is 17.6 Å². The Morgan fingerprint density at radius 3 is 2.51 bits per heavy atom. The summed E-state index contributed by atoms with van der Waals surface area (Å²) in [6, 6.07) is 4.96. The van der Waals surface area contributed by atoms with E-state index < -0.39 is 14.8 Å². The number of hydrogen-bond acceptors (Lipinski definition) is 9. The van der Waals surface area contributed by atoms with Crippen LogP contribution in [0.15, 0.2) is 42.5 Å². The van der Waals surface area contributed by atoms with Crippen molar-refractivity contribution < 1.29 is 19.2 Å². The first-order valence-corrected chi connectivity index (χ1v) is 17.0. The lowest BCUT2D eigenvalue weighted by molar-refractivity contribution is -0.131. The quantitative estimate of drug-likeness (QED) is 0.0507. The van der Waals surface area contributed by atoms with Gasteiger partial charge in [-0.25, -0.2) is 9.97 Å². The fraction of sp³-hybridized carbons (Fsp3) is 0.559. The van der Waals surface area contributed by atoms with E-state index >= 15 is 0 Å². The van der Waals surface area contributed by atoms with Gasteiger partial charge in [-0.1, -0.05) is 45.6 Å². The van der Waals surface area contributed by atoms with Crippen LogP contribution in [0.5, 0.6) is 5.75 Å². The van der Waals surface area contributed by atoms with Gasteiger partial charge >= 0.3 is 0 Å². The number of rotatable bonds is 19. The Bertz CT molecular complexity index is 1260. The first kappa shape index (κ1) is 37.8. The summed E-state index contributed by atoms with van der Waals surface area (Å²) in [7, 11) is -0.516. The zero-order valence-electron chi connectivity index (χ0n) is 27.8. The number of ether oxygens (including phenoxy) is 2. The topological polar surface area (TPSA) is 149 Å². The maximum atomic E-state index is 12.7. The van der Waals surface area contributed by atoms with Crippen LogP contribution in [0.25, 0.3) is 0 Å². The van der Waals surface area contributed by atoms with Gasteiger partial charge in [0.2, 0.25) is 11.9 Å². The highest BCUT2D eigenvalue weighted by Gasteiger charge is 2.17.